The quantitative estimate of drug-likeness (QED) is 0.616. The third kappa shape index (κ3) is 3.10. The van der Waals surface area contributed by atoms with E-state index in [0.717, 1.165) is 12.4 Å². The topological polar surface area (TPSA) is 52.3 Å². The number of ether oxygens (including phenoxy) is 1. The summed E-state index contributed by atoms with van der Waals surface area (Å²) in [5.41, 5.74) is 8.01. The van der Waals surface area contributed by atoms with Crippen molar-refractivity contribution >= 4 is 11.5 Å². The van der Waals surface area contributed by atoms with Gasteiger partial charge in [0.05, 0.1) is 0 Å². The standard InChI is InChI=1S/C8H9NO.C7H6O/c1-6(10)7-3-2-4-8(9)5-7;1-3-7-4-2-6(1)5-8-7/h2-5H,9H2,1H3;1-4H,5H2. The second kappa shape index (κ2) is 5.36. The molecule has 2 bridgehead atoms. The zero-order valence-electron chi connectivity index (χ0n) is 10.2. The van der Waals surface area contributed by atoms with Crippen LogP contribution in [0.1, 0.15) is 22.8 Å². The Kier molecular flexibility index (Phi) is 3.63. The van der Waals surface area contributed by atoms with E-state index >= 15 is 0 Å². The zero-order valence-corrected chi connectivity index (χ0v) is 10.2. The number of Topliss-reactive ketones (excluding diaryl/α,β-unsaturated/α-hetero) is 1. The van der Waals surface area contributed by atoms with Crippen molar-refractivity contribution < 1.29 is 9.53 Å². The molecule has 2 aromatic rings. The Bertz CT molecular complexity index is 524. The Morgan fingerprint density at radius 2 is 1.89 bits per heavy atom. The Morgan fingerprint density at radius 3 is 2.17 bits per heavy atom. The number of nitrogens with two attached hydrogens (primary N) is 1. The Labute approximate surface area is 106 Å². The molecular weight excluding hydrogens is 226 g/mol. The summed E-state index contributed by atoms with van der Waals surface area (Å²) in [5, 5.41) is 0. The predicted octanol–water partition coefficient (Wildman–Crippen LogP) is 3.05. The van der Waals surface area contributed by atoms with Gasteiger partial charge in [-0.3, -0.25) is 4.79 Å². The Hall–Kier alpha value is -2.29. The van der Waals surface area contributed by atoms with Crippen molar-refractivity contribution in [1.29, 1.82) is 0 Å². The average molecular weight is 241 g/mol. The Balaban J connectivity index is 0.000000136. The van der Waals surface area contributed by atoms with E-state index in [9.17, 15) is 4.79 Å². The van der Waals surface area contributed by atoms with Crippen LogP contribution in [0.4, 0.5) is 5.69 Å². The monoisotopic (exact) mass is 241 g/mol. The van der Waals surface area contributed by atoms with Crippen LogP contribution in [0, 0.1) is 0 Å². The molecule has 0 amide bonds. The number of fused-ring (bicyclic) bond motifs is 3. The molecule has 0 radical (unpaired) electrons. The molecule has 0 unspecified atom stereocenters. The molecular formula is C15H15NO2. The molecule has 0 spiro atoms. The summed E-state index contributed by atoms with van der Waals surface area (Å²) in [4.78, 5) is 10.7. The number of anilines is 1. The molecule has 3 heteroatoms. The molecule has 0 saturated carbocycles. The van der Waals surface area contributed by atoms with Crippen molar-refractivity contribution in [1.82, 2.24) is 0 Å². The zero-order chi connectivity index (χ0) is 13.0. The number of hydrogen-bond donors (Lipinski definition) is 1. The van der Waals surface area contributed by atoms with Gasteiger partial charge in [0.1, 0.15) is 12.4 Å². The molecule has 2 heterocycles. The highest BCUT2D eigenvalue weighted by molar-refractivity contribution is 5.94. The molecule has 0 saturated heterocycles. The molecule has 3 nitrogen and oxygen atoms in total. The van der Waals surface area contributed by atoms with E-state index in [2.05, 4.69) is 12.1 Å². The van der Waals surface area contributed by atoms with E-state index in [0.29, 0.717) is 11.3 Å². The van der Waals surface area contributed by atoms with Gasteiger partial charge in [-0.25, -0.2) is 0 Å². The van der Waals surface area contributed by atoms with Crippen LogP contribution >= 0.6 is 0 Å². The summed E-state index contributed by atoms with van der Waals surface area (Å²) in [6.45, 7) is 2.29. The fraction of sp³-hybridized carbons (Fsp3) is 0.133. The molecule has 92 valence electrons. The van der Waals surface area contributed by atoms with Gasteiger partial charge in [-0.05, 0) is 36.8 Å². The van der Waals surface area contributed by atoms with Crippen LogP contribution in [0.25, 0.3) is 0 Å². The SMILES string of the molecule is CC(=O)c1cccc(N)c1.c1cc2ccc1CO2. The van der Waals surface area contributed by atoms with Gasteiger partial charge in [0, 0.05) is 11.3 Å². The van der Waals surface area contributed by atoms with Gasteiger partial charge in [-0.2, -0.15) is 0 Å². The summed E-state index contributed by atoms with van der Waals surface area (Å²) in [6.07, 6.45) is 0. The molecule has 2 aliphatic rings. The second-order valence-corrected chi connectivity index (χ2v) is 4.11. The van der Waals surface area contributed by atoms with Gasteiger partial charge >= 0.3 is 0 Å². The van der Waals surface area contributed by atoms with Crippen LogP contribution in [-0.4, -0.2) is 5.78 Å². The van der Waals surface area contributed by atoms with Crippen LogP contribution < -0.4 is 10.5 Å². The first kappa shape index (κ1) is 12.2. The van der Waals surface area contributed by atoms with Gasteiger partial charge in [-0.15, -0.1) is 0 Å². The maximum Gasteiger partial charge on any atom is 0.159 e. The molecule has 18 heavy (non-hydrogen) atoms. The second-order valence-electron chi connectivity index (χ2n) is 4.11. The third-order valence-electron chi connectivity index (χ3n) is 2.62. The minimum absolute atomic E-state index is 0.0484. The lowest BCUT2D eigenvalue weighted by molar-refractivity contribution is 0.101. The van der Waals surface area contributed by atoms with E-state index in [-0.39, 0.29) is 5.78 Å². The summed E-state index contributed by atoms with van der Waals surface area (Å²) in [5.74, 6) is 1.03. The van der Waals surface area contributed by atoms with E-state index in [1.54, 1.807) is 24.3 Å². The van der Waals surface area contributed by atoms with Crippen LogP contribution in [0.2, 0.25) is 0 Å². The smallest absolute Gasteiger partial charge is 0.159 e. The van der Waals surface area contributed by atoms with E-state index in [1.165, 1.54) is 12.5 Å². The number of carbonyl (C=O) groups is 1. The maximum absolute atomic E-state index is 10.7. The summed E-state index contributed by atoms with van der Waals surface area (Å²) in [7, 11) is 0. The molecule has 0 aliphatic carbocycles. The number of benzene rings is 2. The first-order valence-electron chi connectivity index (χ1n) is 5.73. The fourth-order valence-corrected chi connectivity index (χ4v) is 1.61. The Morgan fingerprint density at radius 1 is 1.17 bits per heavy atom. The van der Waals surface area contributed by atoms with Crippen molar-refractivity contribution in [3.63, 3.8) is 0 Å². The van der Waals surface area contributed by atoms with Gasteiger partial charge in [-0.1, -0.05) is 24.3 Å². The number of hydrogen-bond acceptors (Lipinski definition) is 3. The summed E-state index contributed by atoms with van der Waals surface area (Å²) >= 11 is 0. The molecule has 2 aromatic carbocycles. The van der Waals surface area contributed by atoms with Crippen LogP contribution in [0.15, 0.2) is 48.5 Å². The first-order chi connectivity index (χ1) is 8.65. The minimum atomic E-state index is 0.0484. The lowest BCUT2D eigenvalue weighted by Gasteiger charge is -2.11. The highest BCUT2D eigenvalue weighted by atomic mass is 16.5. The van der Waals surface area contributed by atoms with Crippen molar-refractivity contribution in [2.24, 2.45) is 0 Å². The highest BCUT2D eigenvalue weighted by Crippen LogP contribution is 2.19. The molecule has 2 aliphatic heterocycles. The highest BCUT2D eigenvalue weighted by Gasteiger charge is 2.01. The lowest BCUT2D eigenvalue weighted by atomic mass is 10.1. The largest absolute Gasteiger partial charge is 0.489 e. The fourth-order valence-electron chi connectivity index (χ4n) is 1.61. The molecule has 0 aromatic heterocycles. The van der Waals surface area contributed by atoms with Crippen LogP contribution in [0.5, 0.6) is 5.75 Å². The number of ketones is 1. The normalized spacial score (nSPS) is 11.2. The average Bonchev–Trinajstić information content (AvgIpc) is 2.41. The van der Waals surface area contributed by atoms with Crippen molar-refractivity contribution in [2.45, 2.75) is 13.5 Å². The van der Waals surface area contributed by atoms with Crippen LogP contribution in [0.3, 0.4) is 0 Å². The van der Waals surface area contributed by atoms with Crippen molar-refractivity contribution in [3.05, 3.63) is 59.7 Å². The van der Waals surface area contributed by atoms with Crippen molar-refractivity contribution in [3.8, 4) is 5.75 Å². The molecule has 4 rings (SSSR count). The molecule has 0 fully saturated rings. The number of carbonyl (C=O) groups excluding carboxylic acids is 1. The van der Waals surface area contributed by atoms with Gasteiger partial charge in [0.25, 0.3) is 0 Å². The van der Waals surface area contributed by atoms with Gasteiger partial charge in [0.2, 0.25) is 0 Å². The van der Waals surface area contributed by atoms with Gasteiger partial charge < -0.3 is 10.5 Å². The number of nitrogen functional groups attached to an aromatic ring is 1. The minimum Gasteiger partial charge on any atom is -0.489 e. The predicted molar refractivity (Wildman–Crippen MR) is 71.6 cm³/mol. The molecule has 2 N–H and O–H groups in total. The van der Waals surface area contributed by atoms with Gasteiger partial charge in [0.15, 0.2) is 5.78 Å². The maximum atomic E-state index is 10.7. The van der Waals surface area contributed by atoms with E-state index in [4.69, 9.17) is 10.5 Å². The van der Waals surface area contributed by atoms with E-state index < -0.39 is 0 Å². The lowest BCUT2D eigenvalue weighted by Crippen LogP contribution is -2.00. The van der Waals surface area contributed by atoms with Crippen molar-refractivity contribution in [2.75, 3.05) is 5.73 Å². The molecule has 0 atom stereocenters. The summed E-state index contributed by atoms with van der Waals surface area (Å²) in [6, 6.07) is 15.1. The van der Waals surface area contributed by atoms with Crippen LogP contribution in [-0.2, 0) is 6.61 Å². The van der Waals surface area contributed by atoms with E-state index in [1.807, 2.05) is 12.1 Å². The summed E-state index contributed by atoms with van der Waals surface area (Å²) < 4.78 is 5.18. The first-order valence-corrected chi connectivity index (χ1v) is 5.73. The third-order valence-corrected chi connectivity index (χ3v) is 2.62. The number of rotatable bonds is 1.